The summed E-state index contributed by atoms with van der Waals surface area (Å²) in [5.41, 5.74) is 0.823. The molecule has 29 heavy (non-hydrogen) atoms. The van der Waals surface area contributed by atoms with Crippen molar-refractivity contribution in [3.8, 4) is 17.3 Å². The standard InChI is InChI=1S/C17H20N8O3S/c1-12(2)27-17(26)24-9-7-23(8-10-24)15-16(20-29-19-15)28-14-5-3-13(4-6-14)25-11-18-21-22-25/h3-6,11-12H,7-10H2,1-2H3. The van der Waals surface area contributed by atoms with E-state index in [-0.39, 0.29) is 12.2 Å². The zero-order valence-corrected chi connectivity index (χ0v) is 16.8. The molecule has 3 aromatic rings. The predicted molar refractivity (Wildman–Crippen MR) is 105 cm³/mol. The zero-order valence-electron chi connectivity index (χ0n) is 16.0. The second kappa shape index (κ2) is 8.39. The maximum Gasteiger partial charge on any atom is 0.410 e. The second-order valence-electron chi connectivity index (χ2n) is 6.65. The molecule has 1 amide bonds. The van der Waals surface area contributed by atoms with Crippen LogP contribution in [0.15, 0.2) is 30.6 Å². The van der Waals surface area contributed by atoms with Crippen molar-refractivity contribution in [3.63, 3.8) is 0 Å². The summed E-state index contributed by atoms with van der Waals surface area (Å²) in [6.45, 7) is 6.06. The largest absolute Gasteiger partial charge is 0.447 e. The van der Waals surface area contributed by atoms with Crippen molar-refractivity contribution in [2.75, 3.05) is 31.1 Å². The molecule has 0 saturated carbocycles. The van der Waals surface area contributed by atoms with Crippen molar-refractivity contribution in [3.05, 3.63) is 30.6 Å². The fourth-order valence-electron chi connectivity index (χ4n) is 2.87. The van der Waals surface area contributed by atoms with Crippen molar-refractivity contribution in [2.24, 2.45) is 0 Å². The quantitative estimate of drug-likeness (QED) is 0.616. The number of nitrogens with zero attached hydrogens (tertiary/aromatic N) is 8. The van der Waals surface area contributed by atoms with Gasteiger partial charge in [0.05, 0.1) is 23.5 Å². The number of carbonyl (C=O) groups is 1. The Bertz CT molecular complexity index is 936. The summed E-state index contributed by atoms with van der Waals surface area (Å²) in [5, 5.41) is 11.1. The summed E-state index contributed by atoms with van der Waals surface area (Å²) in [6.07, 6.45) is 1.11. The molecular formula is C17H20N8O3S. The van der Waals surface area contributed by atoms with Crippen LogP contribution in [0.2, 0.25) is 0 Å². The van der Waals surface area contributed by atoms with Gasteiger partial charge in [-0.2, -0.15) is 4.37 Å². The van der Waals surface area contributed by atoms with E-state index in [4.69, 9.17) is 9.47 Å². The lowest BCUT2D eigenvalue weighted by Crippen LogP contribution is -2.49. The van der Waals surface area contributed by atoms with E-state index in [0.717, 1.165) is 17.4 Å². The molecule has 0 N–H and O–H groups in total. The third kappa shape index (κ3) is 4.42. The molecule has 0 atom stereocenters. The van der Waals surface area contributed by atoms with Crippen LogP contribution in [-0.2, 0) is 4.74 Å². The van der Waals surface area contributed by atoms with Gasteiger partial charge in [0, 0.05) is 26.2 Å². The smallest absolute Gasteiger partial charge is 0.410 e. The average molecular weight is 416 g/mol. The van der Waals surface area contributed by atoms with E-state index in [2.05, 4.69) is 29.2 Å². The first-order valence-electron chi connectivity index (χ1n) is 9.14. The number of aromatic nitrogens is 6. The Hall–Kier alpha value is -3.28. The molecule has 3 heterocycles. The molecule has 1 saturated heterocycles. The fourth-order valence-corrected chi connectivity index (χ4v) is 3.37. The first-order chi connectivity index (χ1) is 14.1. The van der Waals surface area contributed by atoms with Gasteiger partial charge in [-0.3, -0.25) is 0 Å². The van der Waals surface area contributed by atoms with Gasteiger partial charge in [-0.15, -0.1) is 9.47 Å². The van der Waals surface area contributed by atoms with Gasteiger partial charge in [-0.1, -0.05) is 0 Å². The van der Waals surface area contributed by atoms with Gasteiger partial charge in [0.25, 0.3) is 5.88 Å². The Morgan fingerprint density at radius 1 is 1.10 bits per heavy atom. The van der Waals surface area contributed by atoms with E-state index >= 15 is 0 Å². The maximum absolute atomic E-state index is 12.0. The molecule has 0 radical (unpaired) electrons. The predicted octanol–water partition coefficient (Wildman–Crippen LogP) is 1.97. The molecule has 0 unspecified atom stereocenters. The van der Waals surface area contributed by atoms with Gasteiger partial charge in [0.1, 0.15) is 12.1 Å². The molecule has 1 aliphatic rings. The number of piperazine rings is 1. The molecule has 0 spiro atoms. The van der Waals surface area contributed by atoms with Crippen LogP contribution in [-0.4, -0.2) is 72.2 Å². The van der Waals surface area contributed by atoms with Crippen molar-refractivity contribution in [2.45, 2.75) is 20.0 Å². The number of anilines is 1. The lowest BCUT2D eigenvalue weighted by molar-refractivity contribution is 0.0751. The Balaban J connectivity index is 1.39. The van der Waals surface area contributed by atoms with Gasteiger partial charge in [-0.05, 0) is 48.5 Å². The number of tetrazole rings is 1. The molecular weight excluding hydrogens is 396 g/mol. The number of benzene rings is 1. The highest BCUT2D eigenvalue weighted by Crippen LogP contribution is 2.31. The van der Waals surface area contributed by atoms with E-state index in [0.29, 0.717) is 43.6 Å². The van der Waals surface area contributed by atoms with E-state index < -0.39 is 0 Å². The maximum atomic E-state index is 12.0. The zero-order chi connectivity index (χ0) is 20.2. The van der Waals surface area contributed by atoms with E-state index in [1.807, 2.05) is 38.1 Å². The molecule has 2 aromatic heterocycles. The highest BCUT2D eigenvalue weighted by molar-refractivity contribution is 6.99. The summed E-state index contributed by atoms with van der Waals surface area (Å²) in [5.74, 6) is 1.76. The van der Waals surface area contributed by atoms with E-state index in [1.165, 1.54) is 6.33 Å². The lowest BCUT2D eigenvalue weighted by Gasteiger charge is -2.34. The van der Waals surface area contributed by atoms with Crippen LogP contribution in [0, 0.1) is 0 Å². The molecule has 1 fully saturated rings. The number of hydrogen-bond acceptors (Lipinski definition) is 10. The van der Waals surface area contributed by atoms with Gasteiger partial charge >= 0.3 is 6.09 Å². The van der Waals surface area contributed by atoms with Crippen molar-refractivity contribution in [1.29, 1.82) is 0 Å². The average Bonchev–Trinajstić information content (AvgIpc) is 3.40. The monoisotopic (exact) mass is 416 g/mol. The first-order valence-corrected chi connectivity index (χ1v) is 9.87. The van der Waals surface area contributed by atoms with Crippen molar-refractivity contribution in [1.82, 2.24) is 33.9 Å². The van der Waals surface area contributed by atoms with Crippen LogP contribution in [0.3, 0.4) is 0 Å². The van der Waals surface area contributed by atoms with Gasteiger partial charge in [0.2, 0.25) is 5.82 Å². The molecule has 0 bridgehead atoms. The summed E-state index contributed by atoms with van der Waals surface area (Å²) in [4.78, 5) is 15.8. The SMILES string of the molecule is CC(C)OC(=O)N1CCN(c2nsnc2Oc2ccc(-n3cnnn3)cc2)CC1. The Morgan fingerprint density at radius 3 is 2.52 bits per heavy atom. The molecule has 0 aliphatic carbocycles. The van der Waals surface area contributed by atoms with Crippen LogP contribution in [0.1, 0.15) is 13.8 Å². The van der Waals surface area contributed by atoms with Crippen molar-refractivity contribution < 1.29 is 14.3 Å². The summed E-state index contributed by atoms with van der Waals surface area (Å²) in [6, 6.07) is 7.34. The lowest BCUT2D eigenvalue weighted by atomic mass is 10.3. The number of carbonyl (C=O) groups excluding carboxylic acids is 1. The second-order valence-corrected chi connectivity index (χ2v) is 7.18. The minimum atomic E-state index is -0.282. The van der Waals surface area contributed by atoms with Gasteiger partial charge in [-0.25, -0.2) is 9.48 Å². The number of hydrogen-bond donors (Lipinski definition) is 0. The van der Waals surface area contributed by atoms with Crippen LogP contribution in [0.25, 0.3) is 5.69 Å². The molecule has 1 aliphatic heterocycles. The van der Waals surface area contributed by atoms with E-state index in [1.54, 1.807) is 9.58 Å². The number of ether oxygens (including phenoxy) is 2. The van der Waals surface area contributed by atoms with Crippen molar-refractivity contribution >= 4 is 23.6 Å². The number of rotatable bonds is 5. The fraction of sp³-hybridized carbons (Fsp3) is 0.412. The topological polar surface area (TPSA) is 111 Å². The minimum Gasteiger partial charge on any atom is -0.447 e. The van der Waals surface area contributed by atoms with Gasteiger partial charge < -0.3 is 19.3 Å². The minimum absolute atomic E-state index is 0.129. The first kappa shape index (κ1) is 19.1. The summed E-state index contributed by atoms with van der Waals surface area (Å²) in [7, 11) is 0. The summed E-state index contributed by atoms with van der Waals surface area (Å²) >= 11 is 1.09. The number of amides is 1. The Labute approximate surface area is 171 Å². The van der Waals surface area contributed by atoms with Crippen LogP contribution < -0.4 is 9.64 Å². The molecule has 1 aromatic carbocycles. The Morgan fingerprint density at radius 2 is 1.86 bits per heavy atom. The molecule has 4 rings (SSSR count). The highest BCUT2D eigenvalue weighted by atomic mass is 32.1. The van der Waals surface area contributed by atoms with Crippen LogP contribution >= 0.6 is 11.7 Å². The molecule has 12 heteroatoms. The van der Waals surface area contributed by atoms with Crippen LogP contribution in [0.5, 0.6) is 11.6 Å². The molecule has 152 valence electrons. The van der Waals surface area contributed by atoms with Gasteiger partial charge in [0.15, 0.2) is 0 Å². The Kier molecular flexibility index (Phi) is 5.51. The summed E-state index contributed by atoms with van der Waals surface area (Å²) < 4.78 is 21.4. The highest BCUT2D eigenvalue weighted by Gasteiger charge is 2.26. The third-order valence-corrected chi connectivity index (χ3v) is 4.78. The molecule has 11 nitrogen and oxygen atoms in total. The van der Waals surface area contributed by atoms with Crippen LogP contribution in [0.4, 0.5) is 10.6 Å². The normalized spacial score (nSPS) is 14.3. The third-order valence-electron chi connectivity index (χ3n) is 4.28. The van der Waals surface area contributed by atoms with E-state index in [9.17, 15) is 4.79 Å².